The first-order valence-corrected chi connectivity index (χ1v) is 15.2. The summed E-state index contributed by atoms with van der Waals surface area (Å²) in [6, 6.07) is 26.7. The Morgan fingerprint density at radius 1 is 0.629 bits per heavy atom. The lowest BCUT2D eigenvalue weighted by Crippen LogP contribution is -2.30. The van der Waals surface area contributed by atoms with Crippen LogP contribution < -0.4 is 0 Å². The molecule has 0 fully saturated rings. The molecular formula is C30H41O3PS. The van der Waals surface area contributed by atoms with Gasteiger partial charge in [-0.05, 0) is 41.8 Å². The summed E-state index contributed by atoms with van der Waals surface area (Å²) < 4.78 is 4.81. The van der Waals surface area contributed by atoms with Gasteiger partial charge in [0, 0.05) is 10.3 Å². The van der Waals surface area contributed by atoms with E-state index in [1.807, 2.05) is 11.3 Å². The van der Waals surface area contributed by atoms with Crippen molar-refractivity contribution in [2.24, 2.45) is 0 Å². The molecule has 0 aliphatic rings. The molecule has 0 amide bonds. The molecule has 0 aliphatic carbocycles. The first-order valence-electron chi connectivity index (χ1n) is 13.1. The van der Waals surface area contributed by atoms with Gasteiger partial charge in [0.1, 0.15) is 0 Å². The Labute approximate surface area is 217 Å². The van der Waals surface area contributed by atoms with Gasteiger partial charge in [-0.1, -0.05) is 125 Å². The SMILES string of the molecule is OP(O)OCCCCCCCCCCCCC(Cc1cccs1)(c1ccccc1)c1ccccc1. The van der Waals surface area contributed by atoms with Crippen LogP contribution in [-0.2, 0) is 16.4 Å². The maximum atomic E-state index is 8.73. The van der Waals surface area contributed by atoms with E-state index in [9.17, 15) is 0 Å². The van der Waals surface area contributed by atoms with Crippen molar-refractivity contribution in [3.8, 4) is 0 Å². The topological polar surface area (TPSA) is 49.7 Å². The van der Waals surface area contributed by atoms with Gasteiger partial charge < -0.3 is 14.3 Å². The van der Waals surface area contributed by atoms with Crippen LogP contribution in [0.2, 0.25) is 0 Å². The Bertz CT molecular complexity index is 860. The summed E-state index contributed by atoms with van der Waals surface area (Å²) in [5.74, 6) is 0. The van der Waals surface area contributed by atoms with E-state index in [2.05, 4.69) is 78.2 Å². The van der Waals surface area contributed by atoms with E-state index in [0.29, 0.717) is 6.61 Å². The van der Waals surface area contributed by atoms with Gasteiger partial charge in [0.15, 0.2) is 0 Å². The van der Waals surface area contributed by atoms with Crippen LogP contribution in [0.3, 0.4) is 0 Å². The molecule has 35 heavy (non-hydrogen) atoms. The Hall–Kier alpha value is -1.55. The van der Waals surface area contributed by atoms with Gasteiger partial charge >= 0.3 is 8.60 Å². The third kappa shape index (κ3) is 9.79. The zero-order chi connectivity index (χ0) is 24.6. The monoisotopic (exact) mass is 512 g/mol. The van der Waals surface area contributed by atoms with Crippen LogP contribution in [0.15, 0.2) is 78.2 Å². The van der Waals surface area contributed by atoms with Crippen LogP contribution in [0.1, 0.15) is 86.6 Å². The fraction of sp³-hybridized carbons (Fsp3) is 0.467. The van der Waals surface area contributed by atoms with Gasteiger partial charge in [-0.3, -0.25) is 0 Å². The van der Waals surface area contributed by atoms with Crippen molar-refractivity contribution >= 4 is 19.9 Å². The van der Waals surface area contributed by atoms with E-state index in [-0.39, 0.29) is 5.41 Å². The lowest BCUT2D eigenvalue weighted by molar-refractivity contribution is 0.248. The van der Waals surface area contributed by atoms with E-state index in [1.54, 1.807) is 0 Å². The number of benzene rings is 2. The highest BCUT2D eigenvalue weighted by atomic mass is 32.1. The summed E-state index contributed by atoms with van der Waals surface area (Å²) in [6.07, 6.45) is 14.5. The third-order valence-electron chi connectivity index (χ3n) is 6.91. The predicted octanol–water partition coefficient (Wildman–Crippen LogP) is 8.80. The Balaban J connectivity index is 1.47. The van der Waals surface area contributed by atoms with E-state index >= 15 is 0 Å². The molecule has 0 saturated heterocycles. The standard InChI is InChI=1S/C30H41O3PS/c31-34(32)33-24-16-8-6-4-2-1-3-5-7-15-23-30(26-29-22-17-25-35-29,27-18-11-9-12-19-27)28-20-13-10-14-21-28/h9-14,17-22,25,31-32H,1-8,15-16,23-24,26H2. The fourth-order valence-electron chi connectivity index (χ4n) is 5.06. The third-order valence-corrected chi connectivity index (χ3v) is 8.20. The molecule has 0 spiro atoms. The van der Waals surface area contributed by atoms with Gasteiger partial charge in [-0.25, -0.2) is 0 Å². The van der Waals surface area contributed by atoms with Crippen LogP contribution in [0.4, 0.5) is 0 Å². The molecule has 0 saturated carbocycles. The van der Waals surface area contributed by atoms with Crippen molar-refractivity contribution in [2.45, 2.75) is 82.5 Å². The largest absolute Gasteiger partial charge is 0.328 e. The second-order valence-electron chi connectivity index (χ2n) is 9.44. The second-order valence-corrected chi connectivity index (χ2v) is 11.2. The fourth-order valence-corrected chi connectivity index (χ4v) is 6.17. The number of rotatable bonds is 18. The van der Waals surface area contributed by atoms with Gasteiger partial charge in [0.05, 0.1) is 6.61 Å². The van der Waals surface area contributed by atoms with Crippen molar-refractivity contribution in [3.05, 3.63) is 94.2 Å². The maximum Gasteiger partial charge on any atom is 0.327 e. The summed E-state index contributed by atoms with van der Waals surface area (Å²) in [5.41, 5.74) is 2.88. The molecule has 0 atom stereocenters. The summed E-state index contributed by atoms with van der Waals surface area (Å²) in [6.45, 7) is 0.457. The second kappa shape index (κ2) is 16.2. The number of hydrogen-bond donors (Lipinski definition) is 2. The van der Waals surface area contributed by atoms with Crippen LogP contribution in [0.25, 0.3) is 0 Å². The summed E-state index contributed by atoms with van der Waals surface area (Å²) >= 11 is 1.87. The molecule has 1 heterocycles. The van der Waals surface area contributed by atoms with Crippen molar-refractivity contribution in [2.75, 3.05) is 6.61 Å². The van der Waals surface area contributed by atoms with Gasteiger partial charge in [-0.15, -0.1) is 11.3 Å². The van der Waals surface area contributed by atoms with Crippen LogP contribution >= 0.6 is 19.9 Å². The number of thiophene rings is 1. The summed E-state index contributed by atoms with van der Waals surface area (Å²) in [5, 5.41) is 2.20. The predicted molar refractivity (Wildman–Crippen MR) is 150 cm³/mol. The van der Waals surface area contributed by atoms with Gasteiger partial charge in [-0.2, -0.15) is 0 Å². The van der Waals surface area contributed by atoms with Crippen molar-refractivity contribution < 1.29 is 14.3 Å². The molecule has 0 aliphatic heterocycles. The molecule has 1 aromatic heterocycles. The smallest absolute Gasteiger partial charge is 0.327 e. The molecule has 2 N–H and O–H groups in total. The minimum atomic E-state index is -2.18. The molecular weight excluding hydrogens is 471 g/mol. The molecule has 0 bridgehead atoms. The molecule has 3 nitrogen and oxygen atoms in total. The quantitative estimate of drug-likeness (QED) is 0.132. The molecule has 3 rings (SSSR count). The zero-order valence-electron chi connectivity index (χ0n) is 20.9. The van der Waals surface area contributed by atoms with E-state index in [4.69, 9.17) is 14.3 Å². The zero-order valence-corrected chi connectivity index (χ0v) is 22.6. The molecule has 3 aromatic rings. The van der Waals surface area contributed by atoms with Crippen LogP contribution in [0, 0.1) is 0 Å². The van der Waals surface area contributed by atoms with E-state index in [0.717, 1.165) is 19.3 Å². The number of unbranched alkanes of at least 4 members (excludes halogenated alkanes) is 9. The van der Waals surface area contributed by atoms with Crippen molar-refractivity contribution in [3.63, 3.8) is 0 Å². The van der Waals surface area contributed by atoms with Crippen LogP contribution in [0.5, 0.6) is 0 Å². The Morgan fingerprint density at radius 2 is 1.14 bits per heavy atom. The highest BCUT2D eigenvalue weighted by molar-refractivity contribution is 7.39. The minimum Gasteiger partial charge on any atom is -0.328 e. The highest BCUT2D eigenvalue weighted by Crippen LogP contribution is 2.41. The first-order chi connectivity index (χ1) is 17.2. The molecule has 2 aromatic carbocycles. The van der Waals surface area contributed by atoms with Crippen molar-refractivity contribution in [1.29, 1.82) is 0 Å². The lowest BCUT2D eigenvalue weighted by atomic mass is 9.68. The highest BCUT2D eigenvalue weighted by Gasteiger charge is 2.34. The van der Waals surface area contributed by atoms with Crippen molar-refractivity contribution in [1.82, 2.24) is 0 Å². The Kier molecular flexibility index (Phi) is 13.0. The molecule has 5 heteroatoms. The van der Waals surface area contributed by atoms with Crippen LogP contribution in [-0.4, -0.2) is 16.4 Å². The van der Waals surface area contributed by atoms with E-state index in [1.165, 1.54) is 73.8 Å². The summed E-state index contributed by atoms with van der Waals surface area (Å²) in [7, 11) is -2.18. The average Bonchev–Trinajstić information content (AvgIpc) is 3.40. The minimum absolute atomic E-state index is 0.0182. The number of hydrogen-bond acceptors (Lipinski definition) is 4. The summed E-state index contributed by atoms with van der Waals surface area (Å²) in [4.78, 5) is 18.9. The van der Waals surface area contributed by atoms with Gasteiger partial charge in [0.25, 0.3) is 0 Å². The molecule has 0 radical (unpaired) electrons. The average molecular weight is 513 g/mol. The maximum absolute atomic E-state index is 8.73. The normalized spacial score (nSPS) is 11.9. The van der Waals surface area contributed by atoms with Gasteiger partial charge in [0.2, 0.25) is 0 Å². The Morgan fingerprint density at radius 3 is 1.63 bits per heavy atom. The molecule has 190 valence electrons. The lowest BCUT2D eigenvalue weighted by Gasteiger charge is -2.35. The first kappa shape index (κ1) is 28.0. The molecule has 0 unspecified atom stereocenters. The van der Waals surface area contributed by atoms with E-state index < -0.39 is 8.60 Å².